The van der Waals surface area contributed by atoms with Gasteiger partial charge in [0, 0.05) is 6.04 Å². The van der Waals surface area contributed by atoms with Crippen molar-refractivity contribution in [3.05, 3.63) is 17.7 Å². The fourth-order valence-electron chi connectivity index (χ4n) is 3.04. The summed E-state index contributed by atoms with van der Waals surface area (Å²) >= 11 is 0. The highest BCUT2D eigenvalue weighted by Gasteiger charge is 2.30. The number of aliphatic carboxylic acids is 1. The number of carboxylic acids is 1. The second kappa shape index (κ2) is 7.90. The molecule has 2 rings (SSSR count). The van der Waals surface area contributed by atoms with E-state index in [1.54, 1.807) is 12.1 Å². The Hall–Kier alpha value is -2.44. The van der Waals surface area contributed by atoms with E-state index in [0.717, 1.165) is 5.56 Å². The zero-order chi connectivity index (χ0) is 17.7. The summed E-state index contributed by atoms with van der Waals surface area (Å²) in [6, 6.07) is 3.38. The van der Waals surface area contributed by atoms with E-state index in [0.29, 0.717) is 36.5 Å². The Kier molecular flexibility index (Phi) is 5.89. The molecule has 1 amide bonds. The number of rotatable bonds is 7. The largest absolute Gasteiger partial charge is 0.493 e. The van der Waals surface area contributed by atoms with Crippen molar-refractivity contribution >= 4 is 11.9 Å². The summed E-state index contributed by atoms with van der Waals surface area (Å²) in [6.07, 6.45) is 1.93. The number of amides is 1. The molecule has 7 nitrogen and oxygen atoms in total. The minimum absolute atomic E-state index is 0.0827. The number of nitrogens with one attached hydrogen (secondary N) is 1. The molecule has 0 heterocycles. The van der Waals surface area contributed by atoms with Crippen LogP contribution in [0.25, 0.3) is 0 Å². The van der Waals surface area contributed by atoms with Crippen LogP contribution in [0.1, 0.15) is 24.8 Å². The van der Waals surface area contributed by atoms with Crippen molar-refractivity contribution in [1.29, 1.82) is 0 Å². The Morgan fingerprint density at radius 2 is 1.75 bits per heavy atom. The second-order valence-electron chi connectivity index (χ2n) is 5.82. The van der Waals surface area contributed by atoms with Gasteiger partial charge in [-0.1, -0.05) is 0 Å². The van der Waals surface area contributed by atoms with Gasteiger partial charge < -0.3 is 24.6 Å². The fourth-order valence-corrected chi connectivity index (χ4v) is 3.04. The first-order chi connectivity index (χ1) is 11.5. The molecular formula is C17H23NO6. The number of ether oxygens (including phenoxy) is 3. The maximum absolute atomic E-state index is 12.2. The lowest BCUT2D eigenvalue weighted by molar-refractivity contribution is -0.141. The average Bonchev–Trinajstić information content (AvgIpc) is 3.02. The van der Waals surface area contributed by atoms with E-state index < -0.39 is 5.97 Å². The molecule has 24 heavy (non-hydrogen) atoms. The van der Waals surface area contributed by atoms with Crippen LogP contribution in [-0.4, -0.2) is 44.4 Å². The predicted molar refractivity (Wildman–Crippen MR) is 86.7 cm³/mol. The first kappa shape index (κ1) is 17.9. The van der Waals surface area contributed by atoms with Crippen molar-refractivity contribution < 1.29 is 28.9 Å². The molecule has 0 radical (unpaired) electrons. The molecule has 1 saturated carbocycles. The van der Waals surface area contributed by atoms with Gasteiger partial charge in [-0.3, -0.25) is 9.59 Å². The summed E-state index contributed by atoms with van der Waals surface area (Å²) in [5.74, 6) is 0.148. The van der Waals surface area contributed by atoms with Gasteiger partial charge in [0.05, 0.1) is 33.7 Å². The summed E-state index contributed by atoms with van der Waals surface area (Å²) in [5.41, 5.74) is 0.731. The SMILES string of the molecule is COc1cc(CC(=O)N[C@H]2CC[C@@H](C(=O)O)C2)cc(OC)c1OC. The number of hydrogen-bond donors (Lipinski definition) is 2. The Bertz CT molecular complexity index is 590. The standard InChI is InChI=1S/C17H23NO6/c1-22-13-6-10(7-14(23-2)16(13)24-3)8-15(19)18-12-5-4-11(9-12)17(20)21/h6-7,11-12H,4-5,8-9H2,1-3H3,(H,18,19)(H,20,21)/t11-,12+/m1/s1. The van der Waals surface area contributed by atoms with Gasteiger partial charge in [-0.15, -0.1) is 0 Å². The normalized spacial score (nSPS) is 19.6. The third-order valence-corrected chi connectivity index (χ3v) is 4.24. The number of carbonyl (C=O) groups is 2. The van der Waals surface area contributed by atoms with Crippen LogP contribution in [-0.2, 0) is 16.0 Å². The second-order valence-corrected chi connectivity index (χ2v) is 5.82. The monoisotopic (exact) mass is 337 g/mol. The van der Waals surface area contributed by atoms with Gasteiger partial charge in [-0.25, -0.2) is 0 Å². The van der Waals surface area contributed by atoms with Crippen molar-refractivity contribution in [3.63, 3.8) is 0 Å². The first-order valence-corrected chi connectivity index (χ1v) is 7.79. The van der Waals surface area contributed by atoms with Crippen LogP contribution in [0, 0.1) is 5.92 Å². The molecule has 0 unspecified atom stereocenters. The Morgan fingerprint density at radius 3 is 2.21 bits per heavy atom. The molecular weight excluding hydrogens is 314 g/mol. The molecule has 1 fully saturated rings. The van der Waals surface area contributed by atoms with E-state index in [-0.39, 0.29) is 24.3 Å². The van der Waals surface area contributed by atoms with Crippen LogP contribution in [0.5, 0.6) is 17.2 Å². The number of carbonyl (C=O) groups excluding carboxylic acids is 1. The lowest BCUT2D eigenvalue weighted by Crippen LogP contribution is -2.34. The molecule has 0 bridgehead atoms. The Balaban J connectivity index is 2.02. The molecule has 1 aromatic carbocycles. The van der Waals surface area contributed by atoms with Crippen LogP contribution in [0.15, 0.2) is 12.1 Å². The molecule has 132 valence electrons. The number of hydrogen-bond acceptors (Lipinski definition) is 5. The Morgan fingerprint density at radius 1 is 1.12 bits per heavy atom. The maximum Gasteiger partial charge on any atom is 0.306 e. The van der Waals surface area contributed by atoms with Gasteiger partial charge in [0.2, 0.25) is 11.7 Å². The summed E-state index contributed by atoms with van der Waals surface area (Å²) in [7, 11) is 4.56. The third kappa shape index (κ3) is 4.10. The smallest absolute Gasteiger partial charge is 0.306 e. The summed E-state index contributed by atoms with van der Waals surface area (Å²) in [6.45, 7) is 0. The highest BCUT2D eigenvalue weighted by molar-refractivity contribution is 5.79. The quantitative estimate of drug-likeness (QED) is 0.785. The van der Waals surface area contributed by atoms with Crippen LogP contribution >= 0.6 is 0 Å². The molecule has 0 aromatic heterocycles. The molecule has 2 atom stereocenters. The topological polar surface area (TPSA) is 94.1 Å². The van der Waals surface area contributed by atoms with Gasteiger partial charge >= 0.3 is 5.97 Å². The minimum Gasteiger partial charge on any atom is -0.493 e. The molecule has 0 spiro atoms. The van der Waals surface area contributed by atoms with Gasteiger partial charge in [-0.2, -0.15) is 0 Å². The van der Waals surface area contributed by atoms with Gasteiger partial charge in [-0.05, 0) is 37.0 Å². The lowest BCUT2D eigenvalue weighted by atomic mass is 10.1. The average molecular weight is 337 g/mol. The molecule has 2 N–H and O–H groups in total. The summed E-state index contributed by atoms with van der Waals surface area (Å²) in [5, 5.41) is 11.9. The summed E-state index contributed by atoms with van der Waals surface area (Å²) in [4.78, 5) is 23.2. The van der Waals surface area contributed by atoms with Crippen molar-refractivity contribution in [1.82, 2.24) is 5.32 Å². The zero-order valence-corrected chi connectivity index (χ0v) is 14.1. The van der Waals surface area contributed by atoms with Gasteiger partial charge in [0.25, 0.3) is 0 Å². The molecule has 0 aliphatic heterocycles. The van der Waals surface area contributed by atoms with Gasteiger partial charge in [0.15, 0.2) is 11.5 Å². The number of carboxylic acid groups (broad SMARTS) is 1. The number of benzene rings is 1. The van der Waals surface area contributed by atoms with E-state index in [2.05, 4.69) is 5.32 Å². The van der Waals surface area contributed by atoms with E-state index in [9.17, 15) is 9.59 Å². The number of methoxy groups -OCH3 is 3. The molecule has 1 aliphatic carbocycles. The van der Waals surface area contributed by atoms with E-state index in [1.165, 1.54) is 21.3 Å². The zero-order valence-electron chi connectivity index (χ0n) is 14.1. The van der Waals surface area contributed by atoms with Crippen molar-refractivity contribution in [2.75, 3.05) is 21.3 Å². The molecule has 0 saturated heterocycles. The highest BCUT2D eigenvalue weighted by Crippen LogP contribution is 2.38. The van der Waals surface area contributed by atoms with E-state index >= 15 is 0 Å². The van der Waals surface area contributed by atoms with Crippen LogP contribution in [0.4, 0.5) is 0 Å². The minimum atomic E-state index is -0.795. The van der Waals surface area contributed by atoms with Gasteiger partial charge in [0.1, 0.15) is 0 Å². The van der Waals surface area contributed by atoms with Crippen LogP contribution in [0.3, 0.4) is 0 Å². The first-order valence-electron chi connectivity index (χ1n) is 7.79. The van der Waals surface area contributed by atoms with Crippen molar-refractivity contribution in [2.45, 2.75) is 31.7 Å². The van der Waals surface area contributed by atoms with Crippen molar-refractivity contribution in [2.24, 2.45) is 5.92 Å². The van der Waals surface area contributed by atoms with Crippen molar-refractivity contribution in [3.8, 4) is 17.2 Å². The van der Waals surface area contributed by atoms with Crippen LogP contribution in [0.2, 0.25) is 0 Å². The van der Waals surface area contributed by atoms with E-state index in [1.807, 2.05) is 0 Å². The molecule has 1 aliphatic rings. The Labute approximate surface area is 140 Å². The summed E-state index contributed by atoms with van der Waals surface area (Å²) < 4.78 is 15.8. The van der Waals surface area contributed by atoms with Crippen LogP contribution < -0.4 is 19.5 Å². The fraction of sp³-hybridized carbons (Fsp3) is 0.529. The van der Waals surface area contributed by atoms with E-state index in [4.69, 9.17) is 19.3 Å². The molecule has 1 aromatic rings. The third-order valence-electron chi connectivity index (χ3n) is 4.24. The molecule has 7 heteroatoms. The predicted octanol–water partition coefficient (Wildman–Crippen LogP) is 1.62. The lowest BCUT2D eigenvalue weighted by Gasteiger charge is -2.15. The maximum atomic E-state index is 12.2. The highest BCUT2D eigenvalue weighted by atomic mass is 16.5.